The third-order valence-electron chi connectivity index (χ3n) is 6.38. The molecule has 3 heterocycles. The lowest BCUT2D eigenvalue weighted by Gasteiger charge is -2.15. The monoisotopic (exact) mass is 575 g/mol. The van der Waals surface area contributed by atoms with Gasteiger partial charge in [-0.25, -0.2) is 4.68 Å². The van der Waals surface area contributed by atoms with Crippen LogP contribution in [0.2, 0.25) is 5.02 Å². The van der Waals surface area contributed by atoms with E-state index in [0.717, 1.165) is 18.3 Å². The molecule has 202 valence electrons. The summed E-state index contributed by atoms with van der Waals surface area (Å²) in [6.07, 6.45) is -8.30. The fourth-order valence-electron chi connectivity index (χ4n) is 4.76. The van der Waals surface area contributed by atoms with Crippen molar-refractivity contribution in [3.05, 3.63) is 88.5 Å². The number of pyridine rings is 1. The van der Waals surface area contributed by atoms with Gasteiger partial charge in [-0.3, -0.25) is 14.6 Å². The van der Waals surface area contributed by atoms with Crippen LogP contribution in [-0.4, -0.2) is 26.6 Å². The smallest absolute Gasteiger partial charge is 0.322 e. The minimum absolute atomic E-state index is 0.00850. The van der Waals surface area contributed by atoms with Crippen LogP contribution in [0.25, 0.3) is 27.2 Å². The Morgan fingerprint density at radius 3 is 2.45 bits per heavy atom. The number of anilines is 2. The summed E-state index contributed by atoms with van der Waals surface area (Å²) in [6.45, 7) is 0. The van der Waals surface area contributed by atoms with E-state index in [1.165, 1.54) is 36.4 Å². The molecule has 0 atom stereocenters. The number of amides is 2. The van der Waals surface area contributed by atoms with Crippen molar-refractivity contribution in [3.63, 3.8) is 0 Å². The first kappa shape index (κ1) is 25.6. The largest absolute Gasteiger partial charge is 0.434 e. The summed E-state index contributed by atoms with van der Waals surface area (Å²) in [5, 5.41) is 8.70. The molecule has 40 heavy (non-hydrogen) atoms. The molecule has 0 fully saturated rings. The fraction of sp³-hybridized carbons (Fsp3) is 0.0769. The standard InChI is InChI=1S/C26H12ClF6N5O2/c27-17-9-11(8-15-12(17)6-7-34-21(15)25(28,29)30)36-24(40)16-10-35-38(22(16)26(31,32)33)19-5-4-18-20-13(19)2-1-3-14(20)23(39)37-18/h1-10H,(H,36,40)(H,37,39). The molecule has 5 aromatic rings. The lowest BCUT2D eigenvalue weighted by atomic mass is 10.0. The Morgan fingerprint density at radius 2 is 1.73 bits per heavy atom. The Kier molecular flexibility index (Phi) is 5.56. The maximum atomic E-state index is 14.4. The zero-order valence-corrected chi connectivity index (χ0v) is 20.3. The molecule has 0 spiro atoms. The van der Waals surface area contributed by atoms with Crippen LogP contribution in [0.5, 0.6) is 0 Å². The first-order valence-electron chi connectivity index (χ1n) is 11.3. The van der Waals surface area contributed by atoms with Crippen LogP contribution < -0.4 is 10.6 Å². The summed E-state index contributed by atoms with van der Waals surface area (Å²) in [5.74, 6) is -1.69. The van der Waals surface area contributed by atoms with Crippen LogP contribution in [-0.2, 0) is 12.4 Å². The van der Waals surface area contributed by atoms with E-state index in [1.807, 2.05) is 0 Å². The number of halogens is 7. The zero-order chi connectivity index (χ0) is 28.6. The molecule has 1 aliphatic heterocycles. The van der Waals surface area contributed by atoms with E-state index in [4.69, 9.17) is 11.6 Å². The van der Waals surface area contributed by atoms with Gasteiger partial charge in [-0.1, -0.05) is 23.7 Å². The van der Waals surface area contributed by atoms with E-state index in [1.54, 1.807) is 0 Å². The van der Waals surface area contributed by atoms with Gasteiger partial charge in [0.25, 0.3) is 11.8 Å². The topological polar surface area (TPSA) is 88.9 Å². The summed E-state index contributed by atoms with van der Waals surface area (Å²) in [6, 6.07) is 10.6. The second-order valence-corrected chi connectivity index (χ2v) is 9.20. The Labute approximate surface area is 224 Å². The van der Waals surface area contributed by atoms with Crippen molar-refractivity contribution in [2.24, 2.45) is 0 Å². The number of benzene rings is 3. The maximum absolute atomic E-state index is 14.4. The minimum Gasteiger partial charge on any atom is -0.322 e. The van der Waals surface area contributed by atoms with Crippen molar-refractivity contribution in [3.8, 4) is 5.69 Å². The van der Waals surface area contributed by atoms with Gasteiger partial charge in [0.15, 0.2) is 11.4 Å². The molecule has 6 rings (SSSR count). The second-order valence-electron chi connectivity index (χ2n) is 8.80. The molecule has 14 heteroatoms. The van der Waals surface area contributed by atoms with Crippen molar-refractivity contribution in [1.82, 2.24) is 14.8 Å². The Hall–Kier alpha value is -4.65. The van der Waals surface area contributed by atoms with Crippen LogP contribution in [0.15, 0.2) is 60.9 Å². The highest BCUT2D eigenvalue weighted by molar-refractivity contribution is 6.36. The molecular weight excluding hydrogens is 564 g/mol. The molecule has 2 aromatic heterocycles. The third-order valence-corrected chi connectivity index (χ3v) is 6.69. The average Bonchev–Trinajstić information content (AvgIpc) is 3.46. The lowest BCUT2D eigenvalue weighted by molar-refractivity contribution is -0.143. The van der Waals surface area contributed by atoms with E-state index in [0.29, 0.717) is 22.0 Å². The van der Waals surface area contributed by atoms with Gasteiger partial charge in [0.2, 0.25) is 0 Å². The van der Waals surface area contributed by atoms with Crippen LogP contribution in [0.1, 0.15) is 32.1 Å². The number of fused-ring (bicyclic) bond motifs is 1. The summed E-state index contributed by atoms with van der Waals surface area (Å²) in [7, 11) is 0. The Morgan fingerprint density at radius 1 is 0.950 bits per heavy atom. The van der Waals surface area contributed by atoms with E-state index in [9.17, 15) is 35.9 Å². The number of alkyl halides is 6. The Balaban J connectivity index is 1.46. The summed E-state index contributed by atoms with van der Waals surface area (Å²) in [4.78, 5) is 28.7. The first-order chi connectivity index (χ1) is 18.8. The number of nitrogens with one attached hydrogen (secondary N) is 2. The van der Waals surface area contributed by atoms with Gasteiger partial charge in [0.05, 0.1) is 22.5 Å². The molecule has 0 saturated heterocycles. The molecule has 0 saturated carbocycles. The molecule has 0 bridgehead atoms. The van der Waals surface area contributed by atoms with Gasteiger partial charge in [0.1, 0.15) is 0 Å². The van der Waals surface area contributed by atoms with E-state index in [2.05, 4.69) is 20.7 Å². The highest BCUT2D eigenvalue weighted by atomic mass is 35.5. The highest BCUT2D eigenvalue weighted by Gasteiger charge is 2.41. The van der Waals surface area contributed by atoms with Gasteiger partial charge in [-0.15, -0.1) is 0 Å². The first-order valence-corrected chi connectivity index (χ1v) is 11.7. The van der Waals surface area contributed by atoms with Gasteiger partial charge in [-0.05, 0) is 36.4 Å². The molecular formula is C26H12ClF6N5O2. The number of carbonyl (C=O) groups is 2. The van der Waals surface area contributed by atoms with Crippen molar-refractivity contribution in [2.45, 2.75) is 12.4 Å². The summed E-state index contributed by atoms with van der Waals surface area (Å²) < 4.78 is 84.1. The van der Waals surface area contributed by atoms with Crippen molar-refractivity contribution in [1.29, 1.82) is 0 Å². The molecule has 1 aliphatic rings. The van der Waals surface area contributed by atoms with Crippen molar-refractivity contribution >= 4 is 56.3 Å². The highest BCUT2D eigenvalue weighted by Crippen LogP contribution is 2.40. The van der Waals surface area contributed by atoms with E-state index in [-0.39, 0.29) is 32.7 Å². The number of carbonyl (C=O) groups excluding carboxylic acids is 2. The molecule has 0 radical (unpaired) electrons. The predicted octanol–water partition coefficient (Wildman–Crippen LogP) is 7.08. The van der Waals surface area contributed by atoms with E-state index >= 15 is 0 Å². The Bertz CT molecular complexity index is 1900. The number of hydrogen-bond acceptors (Lipinski definition) is 4. The number of rotatable bonds is 3. The molecule has 7 nitrogen and oxygen atoms in total. The van der Waals surface area contributed by atoms with E-state index < -0.39 is 46.5 Å². The molecule has 2 amide bonds. The van der Waals surface area contributed by atoms with Gasteiger partial charge in [0, 0.05) is 44.7 Å². The maximum Gasteiger partial charge on any atom is 0.434 e. The summed E-state index contributed by atoms with van der Waals surface area (Å²) >= 11 is 6.13. The number of aromatic nitrogens is 3. The molecule has 2 N–H and O–H groups in total. The number of nitrogens with zero attached hydrogens (tertiary/aromatic N) is 3. The lowest BCUT2D eigenvalue weighted by Crippen LogP contribution is -2.21. The second kappa shape index (κ2) is 8.68. The molecule has 0 unspecified atom stereocenters. The van der Waals surface area contributed by atoms with Gasteiger partial charge >= 0.3 is 12.4 Å². The SMILES string of the molecule is O=C(Nc1cc(Cl)c2ccnc(C(F)(F)F)c2c1)c1cnn(-c2ccc3c4c(cccc24)C(=O)N3)c1C(F)(F)F. The number of hydrogen-bond donors (Lipinski definition) is 2. The van der Waals surface area contributed by atoms with Crippen LogP contribution >= 0.6 is 11.6 Å². The quantitative estimate of drug-likeness (QED) is 0.225. The normalized spacial score (nSPS) is 13.2. The van der Waals surface area contributed by atoms with Crippen molar-refractivity contribution < 1.29 is 35.9 Å². The van der Waals surface area contributed by atoms with Crippen molar-refractivity contribution in [2.75, 3.05) is 10.6 Å². The predicted molar refractivity (Wildman–Crippen MR) is 134 cm³/mol. The summed E-state index contributed by atoms with van der Waals surface area (Å²) in [5.41, 5.74) is -3.22. The molecule has 3 aromatic carbocycles. The van der Waals surface area contributed by atoms with Crippen LogP contribution in [0.3, 0.4) is 0 Å². The fourth-order valence-corrected chi connectivity index (χ4v) is 5.05. The minimum atomic E-state index is -5.07. The molecule has 0 aliphatic carbocycles. The average molecular weight is 576 g/mol. The van der Waals surface area contributed by atoms with Crippen LogP contribution in [0.4, 0.5) is 37.7 Å². The van der Waals surface area contributed by atoms with Crippen LogP contribution in [0, 0.1) is 0 Å². The van der Waals surface area contributed by atoms with Gasteiger partial charge < -0.3 is 10.6 Å². The third kappa shape index (κ3) is 4.01. The zero-order valence-electron chi connectivity index (χ0n) is 19.6. The van der Waals surface area contributed by atoms with Gasteiger partial charge in [-0.2, -0.15) is 31.4 Å².